The summed E-state index contributed by atoms with van der Waals surface area (Å²) in [5, 5.41) is 7.63. The molecule has 1 atom stereocenters. The van der Waals surface area contributed by atoms with E-state index in [0.29, 0.717) is 12.1 Å². The van der Waals surface area contributed by atoms with E-state index in [0.717, 1.165) is 0 Å². The van der Waals surface area contributed by atoms with Crippen LogP contribution in [0.3, 0.4) is 0 Å². The van der Waals surface area contributed by atoms with Gasteiger partial charge in [0.2, 0.25) is 0 Å². The SMILES string of the molecule is O[C@@H](c1ccc(F)c(Cl)c1F)C(F)(F)F. The zero-order valence-electron chi connectivity index (χ0n) is 6.95. The van der Waals surface area contributed by atoms with Crippen LogP contribution in [0.15, 0.2) is 12.1 Å². The van der Waals surface area contributed by atoms with Crippen LogP contribution < -0.4 is 0 Å². The Kier molecular flexibility index (Phi) is 3.20. The van der Waals surface area contributed by atoms with Gasteiger partial charge in [-0.05, 0) is 6.07 Å². The van der Waals surface area contributed by atoms with Gasteiger partial charge in [-0.3, -0.25) is 0 Å². The molecule has 0 bridgehead atoms. The van der Waals surface area contributed by atoms with E-state index in [1.165, 1.54) is 0 Å². The molecule has 0 aromatic heterocycles. The van der Waals surface area contributed by atoms with Crippen molar-refractivity contribution in [3.05, 3.63) is 34.4 Å². The van der Waals surface area contributed by atoms with E-state index in [2.05, 4.69) is 0 Å². The summed E-state index contributed by atoms with van der Waals surface area (Å²) in [5.74, 6) is -2.80. The fourth-order valence-corrected chi connectivity index (χ4v) is 1.10. The first kappa shape index (κ1) is 12.2. The van der Waals surface area contributed by atoms with E-state index in [1.54, 1.807) is 0 Å². The molecule has 84 valence electrons. The van der Waals surface area contributed by atoms with Gasteiger partial charge in [-0.15, -0.1) is 0 Å². The smallest absolute Gasteiger partial charge is 0.379 e. The Hall–Kier alpha value is -0.880. The highest BCUT2D eigenvalue weighted by Gasteiger charge is 2.41. The topological polar surface area (TPSA) is 20.2 Å². The van der Waals surface area contributed by atoms with Gasteiger partial charge in [-0.2, -0.15) is 13.2 Å². The number of hydrogen-bond acceptors (Lipinski definition) is 1. The lowest BCUT2D eigenvalue weighted by Crippen LogP contribution is -2.21. The molecule has 0 radical (unpaired) electrons. The zero-order chi connectivity index (χ0) is 11.8. The molecule has 1 nitrogen and oxygen atoms in total. The van der Waals surface area contributed by atoms with Crippen LogP contribution in [0.1, 0.15) is 11.7 Å². The Morgan fingerprint density at radius 3 is 2.20 bits per heavy atom. The highest BCUT2D eigenvalue weighted by Crippen LogP contribution is 2.35. The molecule has 0 fully saturated rings. The van der Waals surface area contributed by atoms with Gasteiger partial charge >= 0.3 is 6.18 Å². The number of aliphatic hydroxyl groups excluding tert-OH is 1. The average Bonchev–Trinajstić information content (AvgIpc) is 2.12. The lowest BCUT2D eigenvalue weighted by Gasteiger charge is -2.15. The maximum Gasteiger partial charge on any atom is 0.418 e. The first-order chi connectivity index (χ1) is 6.75. The van der Waals surface area contributed by atoms with Crippen LogP contribution in [0.25, 0.3) is 0 Å². The van der Waals surface area contributed by atoms with Crippen LogP contribution >= 0.6 is 11.6 Å². The molecule has 0 unspecified atom stereocenters. The number of aliphatic hydroxyl groups is 1. The molecular weight excluding hydrogens is 243 g/mol. The Morgan fingerprint density at radius 2 is 1.73 bits per heavy atom. The molecule has 15 heavy (non-hydrogen) atoms. The number of benzene rings is 1. The maximum absolute atomic E-state index is 13.0. The van der Waals surface area contributed by atoms with Crippen LogP contribution in [0.2, 0.25) is 5.02 Å². The summed E-state index contributed by atoms with van der Waals surface area (Å²) in [6, 6.07) is 1.05. The molecule has 0 spiro atoms. The van der Waals surface area contributed by atoms with Gasteiger partial charge in [-0.25, -0.2) is 8.78 Å². The molecule has 0 aliphatic heterocycles. The van der Waals surface area contributed by atoms with Crippen molar-refractivity contribution in [2.75, 3.05) is 0 Å². The second-order valence-corrected chi connectivity index (χ2v) is 3.09. The van der Waals surface area contributed by atoms with Gasteiger partial charge in [0.15, 0.2) is 11.9 Å². The van der Waals surface area contributed by atoms with Gasteiger partial charge in [0.1, 0.15) is 10.8 Å². The van der Waals surface area contributed by atoms with Crippen LogP contribution in [-0.2, 0) is 0 Å². The largest absolute Gasteiger partial charge is 0.418 e. The molecule has 0 aliphatic rings. The molecule has 1 N–H and O–H groups in total. The summed E-state index contributed by atoms with van der Waals surface area (Å²) in [6.45, 7) is 0. The molecule has 0 heterocycles. The Morgan fingerprint density at radius 1 is 1.20 bits per heavy atom. The van der Waals surface area contributed by atoms with Crippen molar-refractivity contribution in [1.82, 2.24) is 0 Å². The zero-order valence-corrected chi connectivity index (χ0v) is 7.70. The van der Waals surface area contributed by atoms with Gasteiger partial charge < -0.3 is 5.11 Å². The van der Waals surface area contributed by atoms with Gasteiger partial charge in [0.05, 0.1) is 0 Å². The molecule has 0 saturated carbocycles. The minimum Gasteiger partial charge on any atom is -0.379 e. The minimum atomic E-state index is -5.03. The predicted molar refractivity (Wildman–Crippen MR) is 42.4 cm³/mol. The predicted octanol–water partition coefficient (Wildman–Crippen LogP) is 3.21. The summed E-state index contributed by atoms with van der Waals surface area (Å²) >= 11 is 5.05. The van der Waals surface area contributed by atoms with E-state index in [9.17, 15) is 22.0 Å². The third-order valence-electron chi connectivity index (χ3n) is 1.67. The van der Waals surface area contributed by atoms with E-state index in [-0.39, 0.29) is 0 Å². The molecule has 1 aromatic rings. The van der Waals surface area contributed by atoms with Gasteiger partial charge in [0, 0.05) is 5.56 Å². The van der Waals surface area contributed by atoms with Crippen LogP contribution in [-0.4, -0.2) is 11.3 Å². The number of rotatable bonds is 1. The lowest BCUT2D eigenvalue weighted by molar-refractivity contribution is -0.207. The summed E-state index contributed by atoms with van der Waals surface area (Å²) in [5.41, 5.74) is -1.10. The van der Waals surface area contributed by atoms with E-state index >= 15 is 0 Å². The maximum atomic E-state index is 13.0. The number of hydrogen-bond donors (Lipinski definition) is 1. The molecule has 0 aliphatic carbocycles. The molecule has 1 aromatic carbocycles. The fraction of sp³-hybridized carbons (Fsp3) is 0.250. The van der Waals surface area contributed by atoms with E-state index < -0.39 is 34.5 Å². The molecule has 0 amide bonds. The second-order valence-electron chi connectivity index (χ2n) is 2.71. The molecular formula is C8H4ClF5O. The van der Waals surface area contributed by atoms with Crippen LogP contribution in [0, 0.1) is 11.6 Å². The molecule has 1 rings (SSSR count). The quantitative estimate of drug-likeness (QED) is 0.596. The number of halogens is 6. The van der Waals surface area contributed by atoms with Crippen molar-refractivity contribution in [1.29, 1.82) is 0 Å². The molecule has 0 saturated heterocycles. The van der Waals surface area contributed by atoms with Gasteiger partial charge in [-0.1, -0.05) is 17.7 Å². The van der Waals surface area contributed by atoms with Crippen molar-refractivity contribution < 1.29 is 27.1 Å². The summed E-state index contributed by atoms with van der Waals surface area (Å²) < 4.78 is 61.6. The Labute approximate surface area is 86.1 Å². The first-order valence-corrected chi connectivity index (χ1v) is 4.01. The average molecular weight is 247 g/mol. The summed E-state index contributed by atoms with van der Waals surface area (Å²) in [7, 11) is 0. The Balaban J connectivity index is 3.23. The fourth-order valence-electron chi connectivity index (χ4n) is 0.928. The van der Waals surface area contributed by atoms with Gasteiger partial charge in [0.25, 0.3) is 0 Å². The summed E-state index contributed by atoms with van der Waals surface area (Å²) in [6.07, 6.45) is -8.04. The van der Waals surface area contributed by atoms with Crippen molar-refractivity contribution in [2.24, 2.45) is 0 Å². The van der Waals surface area contributed by atoms with Crippen LogP contribution in [0.5, 0.6) is 0 Å². The third kappa shape index (κ3) is 2.38. The first-order valence-electron chi connectivity index (χ1n) is 3.63. The van der Waals surface area contributed by atoms with Crippen molar-refractivity contribution >= 4 is 11.6 Å². The lowest BCUT2D eigenvalue weighted by atomic mass is 10.1. The highest BCUT2D eigenvalue weighted by molar-refractivity contribution is 6.30. The monoisotopic (exact) mass is 246 g/mol. The minimum absolute atomic E-state index is 0.495. The molecule has 7 heteroatoms. The standard InChI is InChI=1S/C8H4ClF5O/c9-5-4(10)2-1-3(6(5)11)7(15)8(12,13)14/h1-2,7,15H/t7-/m0/s1. The highest BCUT2D eigenvalue weighted by atomic mass is 35.5. The normalized spacial score (nSPS) is 14.1. The summed E-state index contributed by atoms with van der Waals surface area (Å²) in [4.78, 5) is 0. The third-order valence-corrected chi connectivity index (χ3v) is 2.02. The van der Waals surface area contributed by atoms with Crippen molar-refractivity contribution in [2.45, 2.75) is 12.3 Å². The van der Waals surface area contributed by atoms with Crippen LogP contribution in [0.4, 0.5) is 22.0 Å². The number of alkyl halides is 3. The van der Waals surface area contributed by atoms with E-state index in [1.807, 2.05) is 0 Å². The Bertz CT molecular complexity index is 376. The van der Waals surface area contributed by atoms with E-state index in [4.69, 9.17) is 16.7 Å². The second kappa shape index (κ2) is 3.94. The van der Waals surface area contributed by atoms with Crippen molar-refractivity contribution in [3.8, 4) is 0 Å². The van der Waals surface area contributed by atoms with Crippen molar-refractivity contribution in [3.63, 3.8) is 0 Å².